The lowest BCUT2D eigenvalue weighted by molar-refractivity contribution is -0.573. The monoisotopic (exact) mass is 742 g/mol. The van der Waals surface area contributed by atoms with Crippen LogP contribution in [-0.4, -0.2) is 64.7 Å². The van der Waals surface area contributed by atoms with Crippen molar-refractivity contribution < 1.29 is 53.0 Å². The Hall–Kier alpha value is -2.43. The SMILES string of the molecule is C[C@H]1[C@@H]([C@H](C[C@H]2O[C@@H]3O[C@@]4(C)CC[C@H]5[C@H](C)CC[C@@H]([C@H]2C)[C@@]35OO4)OC(=O)Nc2ccc([N+](=O)[O-])cc2)O[C@@H]2O[C@@]3(C)CC[C@H]4[C@H](C)CC[C@@H]1[C@@]24OO3. The highest BCUT2D eigenvalue weighted by Crippen LogP contribution is 2.63. The van der Waals surface area contributed by atoms with E-state index in [1.807, 2.05) is 13.8 Å². The topological polar surface area (TPSA) is 155 Å². The van der Waals surface area contributed by atoms with Crippen molar-refractivity contribution in [1.29, 1.82) is 0 Å². The lowest BCUT2D eigenvalue weighted by atomic mass is 9.56. The Morgan fingerprint density at radius 1 is 0.792 bits per heavy atom. The quantitative estimate of drug-likeness (QED) is 0.175. The Morgan fingerprint density at radius 2 is 1.34 bits per heavy atom. The maximum Gasteiger partial charge on any atom is 0.411 e. The predicted molar refractivity (Wildman–Crippen MR) is 185 cm³/mol. The number of carbonyl (C=O) groups is 1. The minimum Gasteiger partial charge on any atom is -0.443 e. The van der Waals surface area contributed by atoms with Crippen LogP contribution < -0.4 is 5.32 Å². The standard InChI is InChI=1S/C39H54N2O12/c1-20-7-13-28-22(3)30(45-33-38(28)26(20)15-17-36(5,48-33)50-52-38)19-31(46-35(42)40-24-9-11-25(12-10-24)41(43)44)32-23(4)29-14-8-21(2)27-16-18-37(6)49-34(47-32)39(27,29)53-51-37/h9-12,20-23,26-34H,7-8,13-19H2,1-6H3,(H,40,42)/t20-,21-,22-,23-,26+,27+,28+,29+,30-,31+,32+,33-,34-,36-,37-,38-,39-/m1/s1. The van der Waals surface area contributed by atoms with Crippen LogP contribution in [0.4, 0.5) is 16.2 Å². The molecule has 1 aromatic rings. The number of carbonyl (C=O) groups excluding carboxylic acids is 1. The number of benzene rings is 1. The molecule has 2 spiro atoms. The summed E-state index contributed by atoms with van der Waals surface area (Å²) in [7, 11) is 0. The van der Waals surface area contributed by atoms with Gasteiger partial charge in [-0.25, -0.2) is 24.3 Å². The van der Waals surface area contributed by atoms with Gasteiger partial charge in [-0.2, -0.15) is 0 Å². The first-order valence-corrected chi connectivity index (χ1v) is 19.9. The third-order valence-corrected chi connectivity index (χ3v) is 14.9. The molecule has 0 unspecified atom stereocenters. The van der Waals surface area contributed by atoms with Gasteiger partial charge in [-0.1, -0.05) is 27.7 Å². The second-order valence-electron chi connectivity index (χ2n) is 17.9. The molecule has 2 aliphatic carbocycles. The van der Waals surface area contributed by atoms with Gasteiger partial charge in [0.1, 0.15) is 12.2 Å². The van der Waals surface area contributed by atoms with Gasteiger partial charge in [-0.3, -0.25) is 15.4 Å². The van der Waals surface area contributed by atoms with Crippen LogP contribution >= 0.6 is 0 Å². The van der Waals surface area contributed by atoms with Crippen LogP contribution in [0.15, 0.2) is 24.3 Å². The van der Waals surface area contributed by atoms with Crippen molar-refractivity contribution in [3.63, 3.8) is 0 Å². The molecule has 292 valence electrons. The minimum atomic E-state index is -0.954. The van der Waals surface area contributed by atoms with E-state index in [4.69, 9.17) is 43.2 Å². The van der Waals surface area contributed by atoms with Crippen molar-refractivity contribution in [2.24, 2.45) is 47.3 Å². The van der Waals surface area contributed by atoms with Gasteiger partial charge < -0.3 is 23.7 Å². The highest BCUT2D eigenvalue weighted by molar-refractivity contribution is 5.84. The van der Waals surface area contributed by atoms with E-state index >= 15 is 0 Å². The molecule has 17 atom stereocenters. The van der Waals surface area contributed by atoms with Crippen LogP contribution in [0.2, 0.25) is 0 Å². The highest BCUT2D eigenvalue weighted by Gasteiger charge is 2.72. The van der Waals surface area contributed by atoms with Crippen molar-refractivity contribution >= 4 is 17.5 Å². The summed E-state index contributed by atoms with van der Waals surface area (Å²) in [5.74, 6) is -0.567. The highest BCUT2D eigenvalue weighted by atomic mass is 17.3. The molecule has 10 aliphatic rings. The first-order chi connectivity index (χ1) is 25.3. The Kier molecular flexibility index (Phi) is 8.75. The first-order valence-electron chi connectivity index (χ1n) is 19.9. The van der Waals surface area contributed by atoms with Crippen molar-refractivity contribution in [1.82, 2.24) is 0 Å². The van der Waals surface area contributed by atoms with E-state index in [0.29, 0.717) is 36.8 Å². The Labute approximate surface area is 310 Å². The van der Waals surface area contributed by atoms with Gasteiger partial charge >= 0.3 is 6.09 Å². The van der Waals surface area contributed by atoms with Crippen molar-refractivity contribution in [2.45, 2.75) is 153 Å². The summed E-state index contributed by atoms with van der Waals surface area (Å²) >= 11 is 0. The largest absolute Gasteiger partial charge is 0.443 e. The van der Waals surface area contributed by atoms with Crippen LogP contribution in [0.5, 0.6) is 0 Å². The molecule has 8 heterocycles. The fraction of sp³-hybridized carbons (Fsp3) is 0.821. The number of fused-ring (bicyclic) bond motifs is 4. The van der Waals surface area contributed by atoms with Gasteiger partial charge in [0, 0.05) is 48.9 Å². The molecule has 0 radical (unpaired) electrons. The zero-order valence-corrected chi connectivity index (χ0v) is 31.5. The lowest BCUT2D eigenvalue weighted by Crippen LogP contribution is -2.72. The van der Waals surface area contributed by atoms with Crippen LogP contribution in [0.1, 0.15) is 99.3 Å². The van der Waals surface area contributed by atoms with E-state index in [2.05, 4.69) is 33.0 Å². The first kappa shape index (κ1) is 36.2. The fourth-order valence-electron chi connectivity index (χ4n) is 12.0. The third kappa shape index (κ3) is 5.60. The number of nitrogens with one attached hydrogen (secondary N) is 1. The van der Waals surface area contributed by atoms with Crippen LogP contribution in [0.25, 0.3) is 0 Å². The van der Waals surface area contributed by atoms with Crippen LogP contribution in [0, 0.1) is 57.5 Å². The lowest BCUT2D eigenvalue weighted by Gasteiger charge is -2.62. The maximum absolute atomic E-state index is 13.8. The van der Waals surface area contributed by atoms with E-state index < -0.39 is 58.6 Å². The number of ether oxygens (including phenoxy) is 5. The Morgan fingerprint density at radius 3 is 1.91 bits per heavy atom. The summed E-state index contributed by atoms with van der Waals surface area (Å²) in [4.78, 5) is 49.5. The minimum absolute atomic E-state index is 0.0191. The van der Waals surface area contributed by atoms with Crippen LogP contribution in [0.3, 0.4) is 0 Å². The smallest absolute Gasteiger partial charge is 0.411 e. The number of nitro groups is 1. The number of amides is 1. The number of hydrogen-bond acceptors (Lipinski definition) is 12. The second-order valence-corrected chi connectivity index (χ2v) is 17.9. The van der Waals surface area contributed by atoms with E-state index in [0.717, 1.165) is 38.5 Å². The van der Waals surface area contributed by atoms with Gasteiger partial charge in [-0.15, -0.1) is 0 Å². The van der Waals surface area contributed by atoms with E-state index in [1.54, 1.807) is 0 Å². The normalized spacial score (nSPS) is 50.2. The molecule has 14 heteroatoms. The molecular formula is C39H54N2O12. The summed E-state index contributed by atoms with van der Waals surface area (Å²) in [5, 5.41) is 14.0. The summed E-state index contributed by atoms with van der Waals surface area (Å²) in [6.07, 6.45) is 3.82. The molecule has 4 bridgehead atoms. The molecule has 1 aromatic carbocycles. The van der Waals surface area contributed by atoms with E-state index in [9.17, 15) is 14.9 Å². The Balaban J connectivity index is 1.04. The zero-order chi connectivity index (χ0) is 37.1. The van der Waals surface area contributed by atoms with Gasteiger partial charge in [-0.05, 0) is 100 Å². The van der Waals surface area contributed by atoms with Crippen molar-refractivity contribution in [2.75, 3.05) is 5.32 Å². The molecule has 10 fully saturated rings. The van der Waals surface area contributed by atoms with Gasteiger partial charge in [0.2, 0.25) is 11.6 Å². The van der Waals surface area contributed by atoms with Crippen molar-refractivity contribution in [3.8, 4) is 0 Å². The number of hydrogen-bond donors (Lipinski definition) is 1. The summed E-state index contributed by atoms with van der Waals surface area (Å²) < 4.78 is 33.8. The summed E-state index contributed by atoms with van der Waals surface area (Å²) in [6.45, 7) is 12.8. The van der Waals surface area contributed by atoms with E-state index in [-0.39, 0.29) is 47.3 Å². The zero-order valence-electron chi connectivity index (χ0n) is 31.5. The van der Waals surface area contributed by atoms with Gasteiger partial charge in [0.05, 0.1) is 11.0 Å². The number of nitrogens with zero attached hydrogens (tertiary/aromatic N) is 1. The molecule has 0 aromatic heterocycles. The second kappa shape index (κ2) is 12.8. The van der Waals surface area contributed by atoms with Gasteiger partial charge in [0.15, 0.2) is 23.8 Å². The third-order valence-electron chi connectivity index (χ3n) is 14.9. The number of non-ortho nitro benzene ring substituents is 1. The molecule has 1 N–H and O–H groups in total. The number of rotatable bonds is 6. The molecule has 8 saturated heterocycles. The maximum atomic E-state index is 13.8. The van der Waals surface area contributed by atoms with E-state index in [1.165, 1.54) is 24.3 Å². The summed E-state index contributed by atoms with van der Waals surface area (Å²) in [5.41, 5.74) is -1.19. The molecule has 1 amide bonds. The van der Waals surface area contributed by atoms with Crippen molar-refractivity contribution in [3.05, 3.63) is 34.4 Å². The van der Waals surface area contributed by atoms with Gasteiger partial charge in [0.25, 0.3) is 5.69 Å². The molecule has 2 saturated carbocycles. The number of nitro benzene ring substituents is 1. The number of anilines is 1. The summed E-state index contributed by atoms with van der Waals surface area (Å²) in [6, 6.07) is 5.67. The predicted octanol–water partition coefficient (Wildman–Crippen LogP) is 7.40. The average Bonchev–Trinajstić information content (AvgIpc) is 3.50. The molecule has 11 rings (SSSR count). The van der Waals surface area contributed by atoms with Crippen LogP contribution in [-0.2, 0) is 43.2 Å². The molecule has 53 heavy (non-hydrogen) atoms. The molecule has 8 aliphatic heterocycles. The average molecular weight is 743 g/mol. The Bertz CT molecular complexity index is 1600. The fourth-order valence-corrected chi connectivity index (χ4v) is 12.0. The molecular weight excluding hydrogens is 688 g/mol. The molecule has 14 nitrogen and oxygen atoms in total.